The molecule has 0 aliphatic heterocycles. The van der Waals surface area contributed by atoms with Crippen molar-refractivity contribution in [2.24, 2.45) is 5.10 Å². The molecule has 0 saturated heterocycles. The van der Waals surface area contributed by atoms with Crippen LogP contribution >= 0.6 is 0 Å². The van der Waals surface area contributed by atoms with Gasteiger partial charge in [0, 0.05) is 11.1 Å². The van der Waals surface area contributed by atoms with E-state index in [1.54, 1.807) is 37.6 Å². The highest BCUT2D eigenvalue weighted by Gasteiger charge is 2.19. The van der Waals surface area contributed by atoms with E-state index >= 15 is 0 Å². The molecule has 4 aromatic carbocycles. The minimum atomic E-state index is -0.305. The number of hydrogen-bond acceptors (Lipinski definition) is 6. The van der Waals surface area contributed by atoms with Crippen LogP contribution in [0.2, 0.25) is 0 Å². The predicted molar refractivity (Wildman–Crippen MR) is 182 cm³/mol. The number of hydrogen-bond donors (Lipinski definition) is 0. The minimum absolute atomic E-state index is 0.183. The molecular weight excluding hydrogens is 581 g/mol. The zero-order chi connectivity index (χ0) is 32.8. The third-order valence-electron chi connectivity index (χ3n) is 7.63. The van der Waals surface area contributed by atoms with E-state index in [4.69, 9.17) is 24.3 Å². The van der Waals surface area contributed by atoms with Crippen LogP contribution in [-0.2, 0) is 13.0 Å². The SMILES string of the molecule is C=CCc1cc(C=Nn2c(-c3cc(C(C)C)c(OC)cc3C)nc3ccccc3c2=O)cc(OCC)c1OCc1ccc(F)cc1. The molecule has 0 spiro atoms. The molecule has 0 saturated carbocycles. The largest absolute Gasteiger partial charge is 0.496 e. The average Bonchev–Trinajstić information content (AvgIpc) is 3.04. The Hall–Kier alpha value is -5.24. The van der Waals surface area contributed by atoms with Gasteiger partial charge in [0.25, 0.3) is 5.56 Å². The molecule has 0 aliphatic rings. The summed E-state index contributed by atoms with van der Waals surface area (Å²) in [5.74, 6) is 2.20. The number of halogens is 1. The van der Waals surface area contributed by atoms with Crippen LogP contribution in [-0.4, -0.2) is 29.6 Å². The molecule has 1 heterocycles. The van der Waals surface area contributed by atoms with Gasteiger partial charge in [0.15, 0.2) is 17.3 Å². The summed E-state index contributed by atoms with van der Waals surface area (Å²) in [6, 6.07) is 21.2. The molecule has 46 heavy (non-hydrogen) atoms. The highest BCUT2D eigenvalue weighted by molar-refractivity contribution is 5.83. The van der Waals surface area contributed by atoms with Crippen LogP contribution in [0.15, 0.2) is 95.3 Å². The topological polar surface area (TPSA) is 74.9 Å². The van der Waals surface area contributed by atoms with E-state index in [0.717, 1.165) is 33.6 Å². The molecule has 1 aromatic heterocycles. The Kier molecular flexibility index (Phi) is 9.96. The van der Waals surface area contributed by atoms with Gasteiger partial charge in [-0.05, 0) is 97.0 Å². The Morgan fingerprint density at radius 3 is 2.48 bits per heavy atom. The molecule has 0 aliphatic carbocycles. The molecule has 0 unspecified atom stereocenters. The lowest BCUT2D eigenvalue weighted by molar-refractivity contribution is 0.267. The number of methoxy groups -OCH3 is 1. The Morgan fingerprint density at radius 1 is 1.02 bits per heavy atom. The van der Waals surface area contributed by atoms with Gasteiger partial charge in [-0.3, -0.25) is 4.79 Å². The van der Waals surface area contributed by atoms with Crippen LogP contribution in [0.3, 0.4) is 0 Å². The number of allylic oxidation sites excluding steroid dienone is 1. The number of aryl methyl sites for hydroxylation is 1. The lowest BCUT2D eigenvalue weighted by Gasteiger charge is -2.18. The monoisotopic (exact) mass is 619 g/mol. The summed E-state index contributed by atoms with van der Waals surface area (Å²) >= 11 is 0. The molecule has 5 aromatic rings. The zero-order valence-corrected chi connectivity index (χ0v) is 26.8. The molecule has 8 heteroatoms. The van der Waals surface area contributed by atoms with Crippen molar-refractivity contribution in [3.63, 3.8) is 0 Å². The molecule has 0 bridgehead atoms. The predicted octanol–water partition coefficient (Wildman–Crippen LogP) is 8.23. The summed E-state index contributed by atoms with van der Waals surface area (Å²) in [7, 11) is 1.66. The quantitative estimate of drug-likeness (QED) is 0.104. The second kappa shape index (κ2) is 14.2. The lowest BCUT2D eigenvalue weighted by atomic mass is 9.96. The first-order chi connectivity index (χ1) is 22.2. The zero-order valence-electron chi connectivity index (χ0n) is 26.8. The summed E-state index contributed by atoms with van der Waals surface area (Å²) in [6.07, 6.45) is 3.92. The smallest absolute Gasteiger partial charge is 0.282 e. The van der Waals surface area contributed by atoms with E-state index < -0.39 is 0 Å². The minimum Gasteiger partial charge on any atom is -0.496 e. The number of aromatic nitrogens is 2. The Bertz CT molecular complexity index is 1960. The summed E-state index contributed by atoms with van der Waals surface area (Å²) in [5, 5.41) is 5.19. The third-order valence-corrected chi connectivity index (χ3v) is 7.63. The second-order valence-electron chi connectivity index (χ2n) is 11.2. The van der Waals surface area contributed by atoms with Crippen molar-refractivity contribution in [2.75, 3.05) is 13.7 Å². The van der Waals surface area contributed by atoms with Gasteiger partial charge in [-0.25, -0.2) is 9.37 Å². The third kappa shape index (κ3) is 6.86. The molecule has 0 fully saturated rings. The van der Waals surface area contributed by atoms with Gasteiger partial charge in [-0.1, -0.05) is 44.2 Å². The molecule has 0 atom stereocenters. The van der Waals surface area contributed by atoms with E-state index in [1.807, 2.05) is 56.3 Å². The van der Waals surface area contributed by atoms with E-state index in [2.05, 4.69) is 20.4 Å². The van der Waals surface area contributed by atoms with E-state index in [-0.39, 0.29) is 23.9 Å². The normalized spacial score (nSPS) is 11.4. The van der Waals surface area contributed by atoms with Gasteiger partial charge in [-0.15, -0.1) is 6.58 Å². The van der Waals surface area contributed by atoms with Crippen LogP contribution in [0.1, 0.15) is 54.5 Å². The number of ether oxygens (including phenoxy) is 3. The van der Waals surface area contributed by atoms with Crippen molar-refractivity contribution >= 4 is 17.1 Å². The van der Waals surface area contributed by atoms with Gasteiger partial charge in [-0.2, -0.15) is 9.78 Å². The summed E-state index contributed by atoms with van der Waals surface area (Å²) in [5.41, 5.74) is 5.37. The molecule has 236 valence electrons. The number of rotatable bonds is 12. The van der Waals surface area contributed by atoms with Crippen molar-refractivity contribution in [2.45, 2.75) is 46.6 Å². The van der Waals surface area contributed by atoms with Crippen molar-refractivity contribution < 1.29 is 18.6 Å². The van der Waals surface area contributed by atoms with Gasteiger partial charge >= 0.3 is 0 Å². The fourth-order valence-corrected chi connectivity index (χ4v) is 5.32. The lowest BCUT2D eigenvalue weighted by Crippen LogP contribution is -2.21. The van der Waals surface area contributed by atoms with Gasteiger partial charge in [0.2, 0.25) is 0 Å². The first-order valence-corrected chi connectivity index (χ1v) is 15.3. The van der Waals surface area contributed by atoms with E-state index in [1.165, 1.54) is 16.8 Å². The molecular formula is C38H38FN3O4. The first kappa shape index (κ1) is 32.2. The van der Waals surface area contributed by atoms with Gasteiger partial charge in [0.05, 0.1) is 30.8 Å². The average molecular weight is 620 g/mol. The van der Waals surface area contributed by atoms with Crippen LogP contribution in [0.5, 0.6) is 17.2 Å². The van der Waals surface area contributed by atoms with Gasteiger partial charge < -0.3 is 14.2 Å². The summed E-state index contributed by atoms with van der Waals surface area (Å²) in [4.78, 5) is 18.9. The Morgan fingerprint density at radius 2 is 1.78 bits per heavy atom. The fourth-order valence-electron chi connectivity index (χ4n) is 5.32. The maximum Gasteiger partial charge on any atom is 0.282 e. The molecule has 0 amide bonds. The first-order valence-electron chi connectivity index (χ1n) is 15.3. The number of nitrogens with zero attached hydrogens (tertiary/aromatic N) is 3. The molecule has 5 rings (SSSR count). The molecule has 7 nitrogen and oxygen atoms in total. The number of benzene rings is 4. The van der Waals surface area contributed by atoms with Crippen LogP contribution < -0.4 is 19.8 Å². The second-order valence-corrected chi connectivity index (χ2v) is 11.2. The fraction of sp³-hybridized carbons (Fsp3) is 0.237. The Labute approximate surface area is 268 Å². The van der Waals surface area contributed by atoms with Gasteiger partial charge in [0.1, 0.15) is 18.2 Å². The molecule has 0 radical (unpaired) electrons. The Balaban J connectivity index is 1.63. The standard InChI is InChI=1S/C38H38FN3O4/c1-7-11-28-19-27(20-35(45-8-2)36(28)46-23-26-14-16-29(39)17-15-26)22-40-42-37(41-33-13-10-9-12-30(33)38(42)43)32-21-31(24(3)4)34(44-6)18-25(32)5/h7,9-10,12-22,24H,1,8,11,23H2,2-6H3. The van der Waals surface area contributed by atoms with Crippen molar-refractivity contribution in [1.82, 2.24) is 9.66 Å². The highest BCUT2D eigenvalue weighted by Crippen LogP contribution is 2.36. The summed E-state index contributed by atoms with van der Waals surface area (Å²) < 4.78 is 32.7. The van der Waals surface area contributed by atoms with Crippen molar-refractivity contribution in [3.8, 4) is 28.6 Å². The maximum atomic E-state index is 13.9. The number of para-hydroxylation sites is 1. The maximum absolute atomic E-state index is 13.9. The van der Waals surface area contributed by atoms with Crippen molar-refractivity contribution in [1.29, 1.82) is 0 Å². The van der Waals surface area contributed by atoms with Crippen molar-refractivity contribution in [3.05, 3.63) is 129 Å². The van der Waals surface area contributed by atoms with E-state index in [0.29, 0.717) is 46.8 Å². The number of fused-ring (bicyclic) bond motifs is 1. The molecule has 0 N–H and O–H groups in total. The highest BCUT2D eigenvalue weighted by atomic mass is 19.1. The summed E-state index contributed by atoms with van der Waals surface area (Å²) in [6.45, 7) is 12.6. The van der Waals surface area contributed by atoms with Crippen LogP contribution in [0, 0.1) is 12.7 Å². The van der Waals surface area contributed by atoms with Crippen LogP contribution in [0.25, 0.3) is 22.3 Å². The van der Waals surface area contributed by atoms with E-state index in [9.17, 15) is 9.18 Å². The van der Waals surface area contributed by atoms with Crippen LogP contribution in [0.4, 0.5) is 4.39 Å².